The lowest BCUT2D eigenvalue weighted by molar-refractivity contribution is 0.677. The van der Waals surface area contributed by atoms with E-state index in [2.05, 4.69) is 15.3 Å². The largest absolute Gasteiger partial charge is 0.382 e. The van der Waals surface area contributed by atoms with E-state index in [1.807, 2.05) is 11.8 Å². The van der Waals surface area contributed by atoms with Crippen LogP contribution >= 0.6 is 23.4 Å². The third-order valence-corrected chi connectivity index (χ3v) is 4.36. The summed E-state index contributed by atoms with van der Waals surface area (Å²) in [4.78, 5) is 7.90. The molecule has 4 nitrogen and oxygen atoms in total. The number of nitrogen functional groups attached to an aromatic ring is 1. The molecule has 0 aromatic carbocycles. The number of aromatic nitrogens is 2. The van der Waals surface area contributed by atoms with Gasteiger partial charge in [0.05, 0.1) is 0 Å². The lowest BCUT2D eigenvalue weighted by Crippen LogP contribution is -2.20. The highest BCUT2D eigenvalue weighted by Crippen LogP contribution is 2.27. The number of anilines is 2. The molecule has 0 aliphatic carbocycles. The predicted octanol–water partition coefficient (Wildman–Crippen LogP) is 2.41. The highest BCUT2D eigenvalue weighted by atomic mass is 35.5. The molecule has 2 heterocycles. The first-order valence-electron chi connectivity index (χ1n) is 5.39. The monoisotopic (exact) mass is 258 g/mol. The van der Waals surface area contributed by atoms with Crippen LogP contribution in [0.5, 0.6) is 0 Å². The Morgan fingerprint density at radius 3 is 3.12 bits per heavy atom. The minimum Gasteiger partial charge on any atom is -0.382 e. The van der Waals surface area contributed by atoms with E-state index >= 15 is 0 Å². The third kappa shape index (κ3) is 2.92. The van der Waals surface area contributed by atoms with E-state index in [-0.39, 0.29) is 0 Å². The molecule has 6 heteroatoms. The molecule has 1 aliphatic heterocycles. The fraction of sp³-hybridized carbons (Fsp3) is 0.600. The van der Waals surface area contributed by atoms with Gasteiger partial charge in [0.1, 0.15) is 23.0 Å². The molecule has 1 aromatic rings. The normalized spacial score (nSPS) is 20.7. The van der Waals surface area contributed by atoms with Crippen LogP contribution in [0.3, 0.4) is 0 Å². The molecule has 88 valence electrons. The van der Waals surface area contributed by atoms with Crippen LogP contribution in [0.25, 0.3) is 0 Å². The van der Waals surface area contributed by atoms with Crippen LogP contribution in [0.4, 0.5) is 11.6 Å². The molecule has 1 saturated heterocycles. The number of nitrogens with zero attached hydrogens (tertiary/aromatic N) is 2. The number of hydrogen-bond acceptors (Lipinski definition) is 5. The standard InChI is InChI=1S/C10H15ClN4S/c11-8-9(12)14-6-15-10(8)13-5-7-3-1-2-4-16-7/h6-7H,1-5H2,(H3,12,13,14,15). The van der Waals surface area contributed by atoms with Crippen molar-refractivity contribution in [2.24, 2.45) is 0 Å². The smallest absolute Gasteiger partial charge is 0.150 e. The summed E-state index contributed by atoms with van der Waals surface area (Å²) in [6.45, 7) is 0.890. The molecule has 1 aromatic heterocycles. The SMILES string of the molecule is Nc1ncnc(NCC2CCCCS2)c1Cl. The molecule has 1 unspecified atom stereocenters. The molecule has 1 atom stereocenters. The number of nitrogens with two attached hydrogens (primary N) is 1. The average molecular weight is 259 g/mol. The lowest BCUT2D eigenvalue weighted by atomic mass is 10.2. The van der Waals surface area contributed by atoms with E-state index in [0.717, 1.165) is 6.54 Å². The van der Waals surface area contributed by atoms with Crippen LogP contribution in [0.1, 0.15) is 19.3 Å². The van der Waals surface area contributed by atoms with E-state index in [4.69, 9.17) is 17.3 Å². The Kier molecular flexibility index (Phi) is 4.12. The Labute approximate surface area is 104 Å². The van der Waals surface area contributed by atoms with Gasteiger partial charge in [-0.25, -0.2) is 9.97 Å². The number of halogens is 1. The molecule has 3 N–H and O–H groups in total. The van der Waals surface area contributed by atoms with Gasteiger partial charge in [-0.2, -0.15) is 11.8 Å². The van der Waals surface area contributed by atoms with Crippen molar-refractivity contribution in [3.8, 4) is 0 Å². The maximum absolute atomic E-state index is 5.99. The Hall–Kier alpha value is -0.680. The quantitative estimate of drug-likeness (QED) is 0.872. The van der Waals surface area contributed by atoms with E-state index in [9.17, 15) is 0 Å². The van der Waals surface area contributed by atoms with Gasteiger partial charge in [0.15, 0.2) is 0 Å². The fourth-order valence-corrected chi connectivity index (χ4v) is 3.09. The minimum absolute atomic E-state index is 0.329. The highest BCUT2D eigenvalue weighted by molar-refractivity contribution is 7.99. The lowest BCUT2D eigenvalue weighted by Gasteiger charge is -2.21. The van der Waals surface area contributed by atoms with Gasteiger partial charge >= 0.3 is 0 Å². The second kappa shape index (κ2) is 5.59. The first-order chi connectivity index (χ1) is 7.77. The van der Waals surface area contributed by atoms with E-state index in [1.165, 1.54) is 31.3 Å². The third-order valence-electron chi connectivity index (χ3n) is 2.59. The zero-order valence-corrected chi connectivity index (χ0v) is 10.5. The van der Waals surface area contributed by atoms with Crippen molar-refractivity contribution in [3.63, 3.8) is 0 Å². The van der Waals surface area contributed by atoms with Crippen LogP contribution in [-0.4, -0.2) is 27.5 Å². The van der Waals surface area contributed by atoms with Crippen LogP contribution in [0.2, 0.25) is 5.02 Å². The van der Waals surface area contributed by atoms with Gasteiger partial charge in [0.25, 0.3) is 0 Å². The average Bonchev–Trinajstić information content (AvgIpc) is 2.32. The summed E-state index contributed by atoms with van der Waals surface area (Å²) < 4.78 is 0. The number of rotatable bonds is 3. The van der Waals surface area contributed by atoms with Crippen molar-refractivity contribution >= 4 is 35.0 Å². The zero-order chi connectivity index (χ0) is 11.4. The van der Waals surface area contributed by atoms with Gasteiger partial charge in [0, 0.05) is 11.8 Å². The predicted molar refractivity (Wildman–Crippen MR) is 70.0 cm³/mol. The van der Waals surface area contributed by atoms with Gasteiger partial charge in [-0.3, -0.25) is 0 Å². The Morgan fingerprint density at radius 2 is 2.38 bits per heavy atom. The van der Waals surface area contributed by atoms with Gasteiger partial charge in [0.2, 0.25) is 0 Å². The van der Waals surface area contributed by atoms with Gasteiger partial charge in [-0.1, -0.05) is 18.0 Å². The molecular formula is C10H15ClN4S. The first kappa shape index (κ1) is 11.8. The Bertz CT molecular complexity index is 355. The van der Waals surface area contributed by atoms with Crippen LogP contribution in [0, 0.1) is 0 Å². The maximum Gasteiger partial charge on any atom is 0.150 e. The first-order valence-corrected chi connectivity index (χ1v) is 6.81. The van der Waals surface area contributed by atoms with E-state index in [0.29, 0.717) is 21.9 Å². The molecule has 1 aliphatic rings. The second-order valence-electron chi connectivity index (χ2n) is 3.79. The van der Waals surface area contributed by atoms with Crippen molar-refractivity contribution in [1.82, 2.24) is 9.97 Å². The molecule has 1 fully saturated rings. The van der Waals surface area contributed by atoms with Crippen molar-refractivity contribution in [1.29, 1.82) is 0 Å². The summed E-state index contributed by atoms with van der Waals surface area (Å²) in [5, 5.41) is 4.31. The van der Waals surface area contributed by atoms with Crippen LogP contribution in [-0.2, 0) is 0 Å². The molecule has 0 spiro atoms. The van der Waals surface area contributed by atoms with Gasteiger partial charge in [-0.05, 0) is 18.6 Å². The fourth-order valence-electron chi connectivity index (χ4n) is 1.69. The molecule has 2 rings (SSSR count). The summed E-state index contributed by atoms with van der Waals surface area (Å²) in [5.41, 5.74) is 5.60. The number of nitrogens with one attached hydrogen (secondary N) is 1. The topological polar surface area (TPSA) is 63.8 Å². The Balaban J connectivity index is 1.91. The molecule has 0 bridgehead atoms. The summed E-state index contributed by atoms with van der Waals surface area (Å²) >= 11 is 8.00. The Morgan fingerprint density at radius 1 is 1.50 bits per heavy atom. The molecular weight excluding hydrogens is 244 g/mol. The van der Waals surface area contributed by atoms with Crippen LogP contribution < -0.4 is 11.1 Å². The number of thioether (sulfide) groups is 1. The summed E-state index contributed by atoms with van der Waals surface area (Å²) in [6.07, 6.45) is 5.34. The van der Waals surface area contributed by atoms with Crippen molar-refractivity contribution in [2.75, 3.05) is 23.3 Å². The summed E-state index contributed by atoms with van der Waals surface area (Å²) in [7, 11) is 0. The number of hydrogen-bond donors (Lipinski definition) is 2. The summed E-state index contributed by atoms with van der Waals surface area (Å²) in [6, 6.07) is 0. The van der Waals surface area contributed by atoms with E-state index < -0.39 is 0 Å². The second-order valence-corrected chi connectivity index (χ2v) is 5.58. The van der Waals surface area contributed by atoms with E-state index in [1.54, 1.807) is 0 Å². The maximum atomic E-state index is 5.99. The van der Waals surface area contributed by atoms with Crippen LogP contribution in [0.15, 0.2) is 6.33 Å². The summed E-state index contributed by atoms with van der Waals surface area (Å²) in [5.74, 6) is 2.22. The van der Waals surface area contributed by atoms with Gasteiger partial charge in [-0.15, -0.1) is 0 Å². The molecule has 0 radical (unpaired) electrons. The molecule has 0 amide bonds. The molecule has 16 heavy (non-hydrogen) atoms. The van der Waals surface area contributed by atoms with Crippen molar-refractivity contribution < 1.29 is 0 Å². The van der Waals surface area contributed by atoms with Crippen molar-refractivity contribution in [3.05, 3.63) is 11.3 Å². The molecule has 0 saturated carbocycles. The van der Waals surface area contributed by atoms with Crippen molar-refractivity contribution in [2.45, 2.75) is 24.5 Å². The zero-order valence-electron chi connectivity index (χ0n) is 8.95. The highest BCUT2D eigenvalue weighted by Gasteiger charge is 2.14. The van der Waals surface area contributed by atoms with Gasteiger partial charge < -0.3 is 11.1 Å². The minimum atomic E-state index is 0.329.